The zero-order valence-electron chi connectivity index (χ0n) is 21.0. The van der Waals surface area contributed by atoms with E-state index >= 15 is 0 Å². The predicted octanol–water partition coefficient (Wildman–Crippen LogP) is 6.51. The van der Waals surface area contributed by atoms with Gasteiger partial charge in [-0.15, -0.1) is 0 Å². The largest absolute Gasteiger partial charge is 0.491 e. The van der Waals surface area contributed by atoms with Gasteiger partial charge in [0, 0.05) is 31.0 Å². The number of anilines is 1. The molecule has 5 nitrogen and oxygen atoms in total. The Morgan fingerprint density at radius 3 is 2.32 bits per heavy atom. The molecule has 1 aliphatic heterocycles. The number of carbonyl (C=O) groups is 1. The molecular weight excluding hydrogens is 426 g/mol. The van der Waals surface area contributed by atoms with Gasteiger partial charge in [0.15, 0.2) is 0 Å². The van der Waals surface area contributed by atoms with Gasteiger partial charge in [0.1, 0.15) is 12.4 Å². The minimum absolute atomic E-state index is 0.299. The van der Waals surface area contributed by atoms with Crippen LogP contribution in [-0.4, -0.2) is 46.0 Å². The lowest BCUT2D eigenvalue weighted by molar-refractivity contribution is -0.135. The van der Waals surface area contributed by atoms with E-state index in [1.54, 1.807) is 0 Å². The Hall–Kier alpha value is -2.79. The molecule has 0 aliphatic carbocycles. The molecule has 0 radical (unpaired) electrons. The van der Waals surface area contributed by atoms with Crippen molar-refractivity contribution in [2.45, 2.75) is 52.4 Å². The van der Waals surface area contributed by atoms with Crippen molar-refractivity contribution in [3.8, 4) is 16.9 Å². The van der Waals surface area contributed by atoms with Gasteiger partial charge in [0.25, 0.3) is 0 Å². The quantitative estimate of drug-likeness (QED) is 0.215. The molecule has 0 atom stereocenters. The number of carbonyl (C=O) groups excluding carboxylic acids is 1. The predicted molar refractivity (Wildman–Crippen MR) is 139 cm³/mol. The fraction of sp³-hybridized carbons (Fsp3) is 0.483. The normalized spacial score (nSPS) is 14.6. The Morgan fingerprint density at radius 1 is 0.941 bits per heavy atom. The molecule has 2 aromatic rings. The van der Waals surface area contributed by atoms with E-state index in [1.807, 2.05) is 25.1 Å². The number of rotatable bonds is 11. The summed E-state index contributed by atoms with van der Waals surface area (Å²) in [5.41, 5.74) is 5.04. The summed E-state index contributed by atoms with van der Waals surface area (Å²) in [5, 5.41) is 0. The first-order valence-electron chi connectivity index (χ1n) is 12.6. The van der Waals surface area contributed by atoms with Crippen molar-refractivity contribution >= 4 is 17.7 Å². The van der Waals surface area contributed by atoms with Gasteiger partial charge in [0.2, 0.25) is 0 Å². The number of ether oxygens (including phenoxy) is 3. The van der Waals surface area contributed by atoms with Crippen LogP contribution in [0, 0.1) is 0 Å². The first-order chi connectivity index (χ1) is 16.6. The third-order valence-corrected chi connectivity index (χ3v) is 6.18. The zero-order valence-corrected chi connectivity index (χ0v) is 21.0. The summed E-state index contributed by atoms with van der Waals surface area (Å²) in [6, 6.07) is 14.7. The molecule has 1 fully saturated rings. The molecule has 2 aromatic carbocycles. The summed E-state index contributed by atoms with van der Waals surface area (Å²) in [5.74, 6) is 0.540. The molecule has 0 spiro atoms. The van der Waals surface area contributed by atoms with Gasteiger partial charge < -0.3 is 19.1 Å². The first-order valence-corrected chi connectivity index (χ1v) is 12.6. The highest BCUT2D eigenvalue weighted by Crippen LogP contribution is 2.31. The van der Waals surface area contributed by atoms with E-state index < -0.39 is 0 Å². The maximum atomic E-state index is 12.1. The summed E-state index contributed by atoms with van der Waals surface area (Å²) in [4.78, 5) is 14.5. The molecule has 0 N–H and O–H groups in total. The number of unbranched alkanes of at least 4 members (excludes halogenated alkanes) is 1. The maximum absolute atomic E-state index is 12.1. The van der Waals surface area contributed by atoms with Crippen molar-refractivity contribution in [2.24, 2.45) is 0 Å². The molecule has 3 rings (SSSR count). The average molecular weight is 466 g/mol. The van der Waals surface area contributed by atoms with Crippen LogP contribution in [0.2, 0.25) is 0 Å². The second-order valence-corrected chi connectivity index (χ2v) is 8.83. The topological polar surface area (TPSA) is 48.0 Å². The van der Waals surface area contributed by atoms with Crippen molar-refractivity contribution < 1.29 is 19.0 Å². The van der Waals surface area contributed by atoms with Gasteiger partial charge in [-0.2, -0.15) is 0 Å². The molecule has 34 heavy (non-hydrogen) atoms. The molecule has 0 aromatic heterocycles. The molecule has 5 heteroatoms. The van der Waals surface area contributed by atoms with Crippen LogP contribution < -0.4 is 9.64 Å². The summed E-state index contributed by atoms with van der Waals surface area (Å²) >= 11 is 0. The van der Waals surface area contributed by atoms with Gasteiger partial charge in [-0.3, -0.25) is 0 Å². The fourth-order valence-corrected chi connectivity index (χ4v) is 4.21. The van der Waals surface area contributed by atoms with Gasteiger partial charge >= 0.3 is 5.97 Å². The van der Waals surface area contributed by atoms with Crippen molar-refractivity contribution in [2.75, 3.05) is 44.9 Å². The molecule has 0 saturated carbocycles. The Morgan fingerprint density at radius 2 is 1.65 bits per heavy atom. The standard InChI is InChI=1S/C29H39NO4/c1-4-5-18-33-19-20-34-27-13-10-24(11-14-27)25-12-15-28(30-16-8-6-7-9-17-30)26(22-25)21-23(2)29(31)32-3/h10-15,21-22H,4-9,16-20H2,1-3H3. The van der Waals surface area contributed by atoms with Crippen LogP contribution in [-0.2, 0) is 14.3 Å². The Bertz CT molecular complexity index is 928. The smallest absolute Gasteiger partial charge is 0.333 e. The highest BCUT2D eigenvalue weighted by molar-refractivity contribution is 5.94. The van der Waals surface area contributed by atoms with Gasteiger partial charge in [-0.05, 0) is 73.2 Å². The van der Waals surface area contributed by atoms with Crippen molar-refractivity contribution in [1.29, 1.82) is 0 Å². The first kappa shape index (κ1) is 25.8. The van der Waals surface area contributed by atoms with E-state index in [4.69, 9.17) is 14.2 Å². The number of benzene rings is 2. The molecule has 184 valence electrons. The number of hydrogen-bond donors (Lipinski definition) is 0. The van der Waals surface area contributed by atoms with Crippen molar-refractivity contribution in [3.63, 3.8) is 0 Å². The maximum Gasteiger partial charge on any atom is 0.333 e. The molecule has 1 saturated heterocycles. The molecule has 0 amide bonds. The Kier molecular flexibility index (Phi) is 10.5. The van der Waals surface area contributed by atoms with Crippen LogP contribution in [0.3, 0.4) is 0 Å². The highest BCUT2D eigenvalue weighted by atomic mass is 16.5. The van der Waals surface area contributed by atoms with Crippen LogP contribution >= 0.6 is 0 Å². The van der Waals surface area contributed by atoms with E-state index in [-0.39, 0.29) is 5.97 Å². The van der Waals surface area contributed by atoms with Crippen LogP contribution in [0.15, 0.2) is 48.0 Å². The zero-order chi connectivity index (χ0) is 24.2. The van der Waals surface area contributed by atoms with E-state index in [0.29, 0.717) is 18.8 Å². The number of methoxy groups -OCH3 is 1. The van der Waals surface area contributed by atoms with E-state index in [0.717, 1.165) is 55.0 Å². The second kappa shape index (κ2) is 13.8. The molecule has 0 bridgehead atoms. The second-order valence-electron chi connectivity index (χ2n) is 8.83. The third kappa shape index (κ3) is 7.63. The summed E-state index contributed by atoms with van der Waals surface area (Å²) in [6.45, 7) is 8.01. The van der Waals surface area contributed by atoms with Crippen LogP contribution in [0.25, 0.3) is 17.2 Å². The van der Waals surface area contributed by atoms with E-state index in [2.05, 4.69) is 42.2 Å². The SMILES string of the molecule is CCCCOCCOc1ccc(-c2ccc(N3CCCCCC3)c(C=C(C)C(=O)OC)c2)cc1. The summed E-state index contributed by atoms with van der Waals surface area (Å²) in [6.07, 6.45) is 9.13. The van der Waals surface area contributed by atoms with Gasteiger partial charge in [0.05, 0.1) is 13.7 Å². The minimum Gasteiger partial charge on any atom is -0.491 e. The monoisotopic (exact) mass is 465 g/mol. The lowest BCUT2D eigenvalue weighted by Gasteiger charge is -2.25. The average Bonchev–Trinajstić information content (AvgIpc) is 3.15. The molecule has 1 aliphatic rings. The third-order valence-electron chi connectivity index (χ3n) is 6.18. The van der Waals surface area contributed by atoms with Crippen LogP contribution in [0.5, 0.6) is 5.75 Å². The number of esters is 1. The number of nitrogens with zero attached hydrogens (tertiary/aromatic N) is 1. The van der Waals surface area contributed by atoms with E-state index in [1.165, 1.54) is 38.5 Å². The van der Waals surface area contributed by atoms with Crippen LogP contribution in [0.4, 0.5) is 5.69 Å². The Balaban J connectivity index is 1.77. The van der Waals surface area contributed by atoms with Gasteiger partial charge in [-0.1, -0.05) is 44.4 Å². The number of hydrogen-bond acceptors (Lipinski definition) is 5. The molecule has 0 unspecified atom stereocenters. The summed E-state index contributed by atoms with van der Waals surface area (Å²) < 4.78 is 16.3. The van der Waals surface area contributed by atoms with Gasteiger partial charge in [-0.25, -0.2) is 4.79 Å². The lowest BCUT2D eigenvalue weighted by Crippen LogP contribution is -2.24. The highest BCUT2D eigenvalue weighted by Gasteiger charge is 2.15. The van der Waals surface area contributed by atoms with Crippen molar-refractivity contribution in [1.82, 2.24) is 0 Å². The lowest BCUT2D eigenvalue weighted by atomic mass is 9.99. The van der Waals surface area contributed by atoms with Crippen molar-refractivity contribution in [3.05, 3.63) is 53.6 Å². The van der Waals surface area contributed by atoms with Crippen LogP contribution in [0.1, 0.15) is 57.9 Å². The fourth-order valence-electron chi connectivity index (χ4n) is 4.21. The van der Waals surface area contributed by atoms with E-state index in [9.17, 15) is 4.79 Å². The minimum atomic E-state index is -0.299. The Labute approximate surface area is 204 Å². The summed E-state index contributed by atoms with van der Waals surface area (Å²) in [7, 11) is 1.42. The molecular formula is C29H39NO4. The molecule has 1 heterocycles.